The number of aliphatic carboxylic acids is 1. The zero-order valence-corrected chi connectivity index (χ0v) is 16.4. The molecule has 0 aromatic heterocycles. The van der Waals surface area contributed by atoms with Crippen LogP contribution in [0, 0.1) is 0 Å². The first-order valence-electron chi connectivity index (χ1n) is 9.21. The van der Waals surface area contributed by atoms with Crippen LogP contribution in [0.2, 0.25) is 0 Å². The molecule has 0 heterocycles. The molecule has 0 radical (unpaired) electrons. The van der Waals surface area contributed by atoms with E-state index in [4.69, 9.17) is 19.3 Å². The van der Waals surface area contributed by atoms with Crippen molar-refractivity contribution in [1.29, 1.82) is 0 Å². The number of carboxylic acid groups (broad SMARTS) is 1. The highest BCUT2D eigenvalue weighted by atomic mass is 16.5. The Labute approximate surface area is 169 Å². The Morgan fingerprint density at radius 1 is 1.03 bits per heavy atom. The van der Waals surface area contributed by atoms with E-state index in [1.54, 1.807) is 49.4 Å². The van der Waals surface area contributed by atoms with Crippen molar-refractivity contribution >= 4 is 18.1 Å². The summed E-state index contributed by atoms with van der Waals surface area (Å²) in [5.41, 5.74) is 3.57. The Balaban J connectivity index is 1.98. The highest BCUT2D eigenvalue weighted by molar-refractivity contribution is 5.95. The van der Waals surface area contributed by atoms with Crippen LogP contribution in [0.3, 0.4) is 0 Å². The van der Waals surface area contributed by atoms with Gasteiger partial charge in [-0.1, -0.05) is 6.92 Å². The molecule has 8 heteroatoms. The molecule has 2 aromatic carbocycles. The van der Waals surface area contributed by atoms with Gasteiger partial charge in [-0.2, -0.15) is 5.10 Å². The Hall–Kier alpha value is -3.55. The fraction of sp³-hybridized carbons (Fsp3) is 0.286. The van der Waals surface area contributed by atoms with Crippen molar-refractivity contribution in [2.45, 2.75) is 20.3 Å². The fourth-order valence-electron chi connectivity index (χ4n) is 2.28. The number of hydrazone groups is 1. The van der Waals surface area contributed by atoms with Gasteiger partial charge < -0.3 is 19.3 Å². The molecule has 0 unspecified atom stereocenters. The summed E-state index contributed by atoms with van der Waals surface area (Å²) < 4.78 is 16.1. The van der Waals surface area contributed by atoms with Gasteiger partial charge in [-0.3, -0.25) is 4.79 Å². The van der Waals surface area contributed by atoms with E-state index < -0.39 is 12.6 Å². The van der Waals surface area contributed by atoms with Gasteiger partial charge in [-0.05, 0) is 61.4 Å². The van der Waals surface area contributed by atoms with Crippen molar-refractivity contribution < 1.29 is 28.9 Å². The largest absolute Gasteiger partial charge is 0.494 e. The van der Waals surface area contributed by atoms with Crippen LogP contribution in [0.25, 0.3) is 0 Å². The number of carbonyl (C=O) groups is 2. The van der Waals surface area contributed by atoms with Crippen LogP contribution in [0.4, 0.5) is 0 Å². The van der Waals surface area contributed by atoms with Gasteiger partial charge in [0.2, 0.25) is 0 Å². The molecule has 0 saturated carbocycles. The molecule has 0 saturated heterocycles. The Bertz CT molecular complexity index is 849. The number of carbonyl (C=O) groups excluding carboxylic acids is 1. The summed E-state index contributed by atoms with van der Waals surface area (Å²) in [6.45, 7) is 4.37. The monoisotopic (exact) mass is 400 g/mol. The molecule has 0 spiro atoms. The summed E-state index contributed by atoms with van der Waals surface area (Å²) in [6.07, 6.45) is 2.37. The van der Waals surface area contributed by atoms with E-state index in [2.05, 4.69) is 10.5 Å². The molecule has 0 aliphatic rings. The lowest BCUT2D eigenvalue weighted by molar-refractivity contribution is -0.139. The Morgan fingerprint density at radius 3 is 2.45 bits per heavy atom. The molecule has 2 rings (SSSR count). The summed E-state index contributed by atoms with van der Waals surface area (Å²) in [5.74, 6) is -0.00596. The molecule has 0 aliphatic heterocycles. The van der Waals surface area contributed by atoms with Crippen LogP contribution in [0.1, 0.15) is 36.2 Å². The number of hydrogen-bond donors (Lipinski definition) is 2. The summed E-state index contributed by atoms with van der Waals surface area (Å²) >= 11 is 0. The van der Waals surface area contributed by atoms with Crippen LogP contribution in [0.15, 0.2) is 47.6 Å². The van der Waals surface area contributed by atoms with Crippen molar-refractivity contribution in [3.05, 3.63) is 53.6 Å². The number of hydrogen-bond acceptors (Lipinski definition) is 6. The molecular weight excluding hydrogens is 376 g/mol. The maximum atomic E-state index is 12.2. The van der Waals surface area contributed by atoms with E-state index in [9.17, 15) is 9.59 Å². The molecule has 29 heavy (non-hydrogen) atoms. The molecule has 1 amide bonds. The number of carboxylic acids is 1. The fourth-order valence-corrected chi connectivity index (χ4v) is 2.28. The van der Waals surface area contributed by atoms with Gasteiger partial charge in [0.05, 0.1) is 19.4 Å². The van der Waals surface area contributed by atoms with Gasteiger partial charge in [-0.25, -0.2) is 10.2 Å². The lowest BCUT2D eigenvalue weighted by Gasteiger charge is -2.11. The third-order valence-corrected chi connectivity index (χ3v) is 3.59. The average Bonchev–Trinajstić information content (AvgIpc) is 2.72. The third-order valence-electron chi connectivity index (χ3n) is 3.59. The number of amides is 1. The Kier molecular flexibility index (Phi) is 8.50. The second kappa shape index (κ2) is 11.3. The van der Waals surface area contributed by atoms with E-state index >= 15 is 0 Å². The van der Waals surface area contributed by atoms with Crippen molar-refractivity contribution in [3.8, 4) is 17.2 Å². The first kappa shape index (κ1) is 21.7. The van der Waals surface area contributed by atoms with Crippen molar-refractivity contribution in [2.24, 2.45) is 5.10 Å². The first-order chi connectivity index (χ1) is 14.0. The predicted octanol–water partition coefficient (Wildman–Crippen LogP) is 3.10. The minimum absolute atomic E-state index is 0.320. The van der Waals surface area contributed by atoms with Crippen LogP contribution in [-0.2, 0) is 4.79 Å². The molecule has 0 fully saturated rings. The summed E-state index contributed by atoms with van der Waals surface area (Å²) in [7, 11) is 0. The molecule has 8 nitrogen and oxygen atoms in total. The van der Waals surface area contributed by atoms with Gasteiger partial charge in [0.25, 0.3) is 5.91 Å². The molecule has 0 aliphatic carbocycles. The van der Waals surface area contributed by atoms with E-state index in [0.717, 1.165) is 6.42 Å². The molecule has 0 bridgehead atoms. The van der Waals surface area contributed by atoms with Crippen LogP contribution < -0.4 is 19.6 Å². The number of rotatable bonds is 11. The number of nitrogens with zero attached hydrogens (tertiary/aromatic N) is 1. The van der Waals surface area contributed by atoms with Gasteiger partial charge in [0, 0.05) is 5.56 Å². The smallest absolute Gasteiger partial charge is 0.341 e. The van der Waals surface area contributed by atoms with Crippen LogP contribution in [-0.4, -0.2) is 43.0 Å². The highest BCUT2D eigenvalue weighted by Gasteiger charge is 2.08. The van der Waals surface area contributed by atoms with Gasteiger partial charge in [0.1, 0.15) is 5.75 Å². The number of benzene rings is 2. The molecule has 2 N–H and O–H groups in total. The van der Waals surface area contributed by atoms with Crippen molar-refractivity contribution in [3.63, 3.8) is 0 Å². The maximum absolute atomic E-state index is 12.2. The van der Waals surface area contributed by atoms with E-state index in [1.807, 2.05) is 6.92 Å². The zero-order valence-electron chi connectivity index (χ0n) is 16.4. The predicted molar refractivity (Wildman–Crippen MR) is 108 cm³/mol. The summed E-state index contributed by atoms with van der Waals surface area (Å²) in [6, 6.07) is 11.7. The molecule has 2 aromatic rings. The summed E-state index contributed by atoms with van der Waals surface area (Å²) in [4.78, 5) is 22.8. The van der Waals surface area contributed by atoms with Gasteiger partial charge in [-0.15, -0.1) is 0 Å². The quantitative estimate of drug-likeness (QED) is 0.443. The highest BCUT2D eigenvalue weighted by Crippen LogP contribution is 2.28. The van der Waals surface area contributed by atoms with Crippen LogP contribution in [0.5, 0.6) is 17.2 Å². The topological polar surface area (TPSA) is 106 Å². The van der Waals surface area contributed by atoms with Gasteiger partial charge >= 0.3 is 5.97 Å². The van der Waals surface area contributed by atoms with E-state index in [-0.39, 0.29) is 5.91 Å². The standard InChI is InChI=1S/C21H24N2O6/c1-3-11-28-17-8-6-16(7-9-17)21(26)23-22-13-15-5-10-18(29-14-20(24)25)19(12-15)27-4-2/h5-10,12-13H,3-4,11,14H2,1-2H3,(H,23,26)(H,24,25)/b22-13-. The molecule has 154 valence electrons. The first-order valence-corrected chi connectivity index (χ1v) is 9.21. The van der Waals surface area contributed by atoms with Crippen molar-refractivity contribution in [2.75, 3.05) is 19.8 Å². The maximum Gasteiger partial charge on any atom is 0.341 e. The van der Waals surface area contributed by atoms with Gasteiger partial charge in [0.15, 0.2) is 18.1 Å². The lowest BCUT2D eigenvalue weighted by Crippen LogP contribution is -2.17. The third kappa shape index (κ3) is 7.17. The second-order valence-electron chi connectivity index (χ2n) is 5.89. The SMILES string of the molecule is CCCOc1ccc(C(=O)N/N=C\c2ccc(OCC(=O)O)c(OCC)c2)cc1. The Morgan fingerprint density at radius 2 is 1.79 bits per heavy atom. The van der Waals surface area contributed by atoms with Crippen molar-refractivity contribution in [1.82, 2.24) is 5.43 Å². The zero-order chi connectivity index (χ0) is 21.1. The summed E-state index contributed by atoms with van der Waals surface area (Å²) in [5, 5.41) is 12.7. The lowest BCUT2D eigenvalue weighted by atomic mass is 10.2. The second-order valence-corrected chi connectivity index (χ2v) is 5.89. The normalized spacial score (nSPS) is 10.6. The minimum atomic E-state index is -1.08. The molecular formula is C21H24N2O6. The molecule has 0 atom stereocenters. The minimum Gasteiger partial charge on any atom is -0.494 e. The number of ether oxygens (including phenoxy) is 3. The van der Waals surface area contributed by atoms with E-state index in [1.165, 1.54) is 6.21 Å². The van der Waals surface area contributed by atoms with E-state index in [0.29, 0.717) is 41.6 Å². The van der Waals surface area contributed by atoms with Crippen LogP contribution >= 0.6 is 0 Å². The number of nitrogens with one attached hydrogen (secondary N) is 1. The average molecular weight is 400 g/mol.